The number of allylic oxidation sites excluding steroid dienone is 1. The van der Waals surface area contributed by atoms with Crippen LogP contribution in [0.1, 0.15) is 0 Å². The van der Waals surface area contributed by atoms with Gasteiger partial charge in [-0.1, -0.05) is 140 Å². The standard InChI is InChI=1S/C55H39N3S/c1-3-12-38(13-4-1)40-22-26-42(27-23-40)57(43-28-24-41(25-29-43)39-14-5-2-6-15-39)45-16-11-17-46(36-45)58(44-32-34-56-35-33-44)47-30-31-50-52(37-47)48-18-7-8-19-49(48)54-51-20-9-10-21-53(51)59-55(50)54/h1-34,36-37,56H,35H2/p+1. The van der Waals surface area contributed by atoms with Gasteiger partial charge in [-0.05, 0) is 105 Å². The van der Waals surface area contributed by atoms with Crippen molar-refractivity contribution in [3.05, 3.63) is 224 Å². The molecular formula is C55H40N3S+. The number of quaternary nitrogens is 1. The second-order valence-electron chi connectivity index (χ2n) is 15.1. The van der Waals surface area contributed by atoms with Crippen molar-refractivity contribution in [3.8, 4) is 22.3 Å². The van der Waals surface area contributed by atoms with Crippen LogP contribution >= 0.6 is 11.3 Å². The normalized spacial score (nSPS) is 12.6. The molecular weight excluding hydrogens is 735 g/mol. The number of benzene rings is 9. The van der Waals surface area contributed by atoms with Gasteiger partial charge in [-0.25, -0.2) is 0 Å². The monoisotopic (exact) mass is 774 g/mol. The molecule has 11 rings (SSSR count). The predicted molar refractivity (Wildman–Crippen MR) is 252 cm³/mol. The average molecular weight is 775 g/mol. The van der Waals surface area contributed by atoms with Gasteiger partial charge in [0.1, 0.15) is 6.54 Å². The molecule has 0 fully saturated rings. The number of rotatable bonds is 8. The van der Waals surface area contributed by atoms with Crippen molar-refractivity contribution < 1.29 is 5.32 Å². The zero-order valence-corrected chi connectivity index (χ0v) is 33.2. The lowest BCUT2D eigenvalue weighted by atomic mass is 9.96. The van der Waals surface area contributed by atoms with E-state index < -0.39 is 0 Å². The van der Waals surface area contributed by atoms with Crippen LogP contribution in [0.4, 0.5) is 28.4 Å². The summed E-state index contributed by atoms with van der Waals surface area (Å²) in [5, 5.41) is 10.0. The highest BCUT2D eigenvalue weighted by Crippen LogP contribution is 2.46. The van der Waals surface area contributed by atoms with E-state index in [4.69, 9.17) is 0 Å². The molecule has 2 N–H and O–H groups in total. The molecule has 0 radical (unpaired) electrons. The van der Waals surface area contributed by atoms with Crippen LogP contribution in [-0.2, 0) is 0 Å². The predicted octanol–water partition coefficient (Wildman–Crippen LogP) is 14.3. The number of thiophene rings is 1. The van der Waals surface area contributed by atoms with E-state index in [2.05, 4.69) is 234 Å². The van der Waals surface area contributed by atoms with Gasteiger partial charge < -0.3 is 15.1 Å². The summed E-state index contributed by atoms with van der Waals surface area (Å²) in [7, 11) is 0. The van der Waals surface area contributed by atoms with Crippen LogP contribution in [0.25, 0.3) is 64.0 Å². The Morgan fingerprint density at radius 3 is 1.58 bits per heavy atom. The molecule has 0 bridgehead atoms. The summed E-state index contributed by atoms with van der Waals surface area (Å²) in [6.45, 7) is 0.884. The van der Waals surface area contributed by atoms with Gasteiger partial charge in [-0.15, -0.1) is 11.3 Å². The van der Waals surface area contributed by atoms with Crippen LogP contribution in [0.2, 0.25) is 0 Å². The van der Waals surface area contributed by atoms with Gasteiger partial charge in [0.2, 0.25) is 0 Å². The smallest absolute Gasteiger partial charge is 0.101 e. The van der Waals surface area contributed by atoms with Crippen LogP contribution in [0.3, 0.4) is 0 Å². The largest absolute Gasteiger partial charge is 0.317 e. The maximum absolute atomic E-state index is 2.42. The Hall–Kier alpha value is -7.24. The summed E-state index contributed by atoms with van der Waals surface area (Å²) < 4.78 is 2.67. The van der Waals surface area contributed by atoms with E-state index in [0.717, 1.165) is 40.7 Å². The summed E-state index contributed by atoms with van der Waals surface area (Å²) in [6.07, 6.45) is 6.74. The molecule has 2 heterocycles. The summed E-state index contributed by atoms with van der Waals surface area (Å²) in [5.41, 5.74) is 11.4. The summed E-state index contributed by atoms with van der Waals surface area (Å²) in [4.78, 5) is 4.79. The molecule has 9 aromatic carbocycles. The number of hydrogen-bond acceptors (Lipinski definition) is 3. The van der Waals surface area contributed by atoms with E-state index in [0.29, 0.717) is 0 Å². The maximum Gasteiger partial charge on any atom is 0.101 e. The van der Waals surface area contributed by atoms with Crippen LogP contribution in [-0.4, -0.2) is 6.54 Å². The Morgan fingerprint density at radius 2 is 0.932 bits per heavy atom. The first-order chi connectivity index (χ1) is 29.3. The minimum atomic E-state index is 0.884. The zero-order chi connectivity index (χ0) is 39.1. The van der Waals surface area contributed by atoms with E-state index in [1.807, 2.05) is 11.3 Å². The zero-order valence-electron chi connectivity index (χ0n) is 32.4. The van der Waals surface area contributed by atoms with Crippen molar-refractivity contribution in [2.24, 2.45) is 0 Å². The molecule has 1 aromatic heterocycles. The van der Waals surface area contributed by atoms with Crippen LogP contribution < -0.4 is 15.1 Å². The van der Waals surface area contributed by atoms with Gasteiger partial charge in [0.05, 0.1) is 11.9 Å². The third-order valence-corrected chi connectivity index (χ3v) is 12.7. The molecule has 280 valence electrons. The lowest BCUT2D eigenvalue weighted by Gasteiger charge is -2.30. The fourth-order valence-electron chi connectivity index (χ4n) is 8.73. The Kier molecular flexibility index (Phi) is 8.85. The average Bonchev–Trinajstić information content (AvgIpc) is 3.71. The lowest BCUT2D eigenvalue weighted by molar-refractivity contribution is -0.578. The van der Waals surface area contributed by atoms with Crippen molar-refractivity contribution in [3.63, 3.8) is 0 Å². The van der Waals surface area contributed by atoms with Gasteiger partial charge in [0, 0.05) is 60.1 Å². The Morgan fingerprint density at radius 1 is 0.390 bits per heavy atom. The van der Waals surface area contributed by atoms with E-state index in [1.165, 1.54) is 64.0 Å². The van der Waals surface area contributed by atoms with Gasteiger partial charge in [0.25, 0.3) is 0 Å². The highest BCUT2D eigenvalue weighted by molar-refractivity contribution is 7.27. The highest BCUT2D eigenvalue weighted by Gasteiger charge is 2.21. The van der Waals surface area contributed by atoms with Gasteiger partial charge >= 0.3 is 0 Å². The van der Waals surface area contributed by atoms with Gasteiger partial charge in [-0.3, -0.25) is 0 Å². The number of nitrogens with zero attached hydrogens (tertiary/aromatic N) is 2. The lowest BCUT2D eigenvalue weighted by Crippen LogP contribution is -2.78. The topological polar surface area (TPSA) is 23.1 Å². The third kappa shape index (κ3) is 6.36. The minimum Gasteiger partial charge on any atom is -0.317 e. The van der Waals surface area contributed by atoms with Crippen molar-refractivity contribution in [2.75, 3.05) is 16.3 Å². The number of hydrogen-bond donors (Lipinski definition) is 1. The summed E-state index contributed by atoms with van der Waals surface area (Å²) in [6, 6.07) is 72.9. The molecule has 59 heavy (non-hydrogen) atoms. The Labute approximate surface area is 348 Å². The molecule has 3 nitrogen and oxygen atoms in total. The molecule has 0 unspecified atom stereocenters. The van der Waals surface area contributed by atoms with Crippen molar-refractivity contribution in [1.82, 2.24) is 0 Å². The number of fused-ring (bicyclic) bond motifs is 8. The fourth-order valence-corrected chi connectivity index (χ4v) is 9.99. The third-order valence-electron chi connectivity index (χ3n) is 11.5. The molecule has 4 heteroatoms. The highest BCUT2D eigenvalue weighted by atomic mass is 32.1. The van der Waals surface area contributed by atoms with Gasteiger partial charge in [0.15, 0.2) is 0 Å². The van der Waals surface area contributed by atoms with Crippen LogP contribution in [0.15, 0.2) is 224 Å². The van der Waals surface area contributed by atoms with E-state index in [1.54, 1.807) is 0 Å². The molecule has 1 aliphatic rings. The Bertz CT molecular complexity index is 3120. The molecule has 0 spiro atoms. The maximum atomic E-state index is 2.42. The first-order valence-electron chi connectivity index (χ1n) is 20.2. The second kappa shape index (κ2) is 14.9. The van der Waals surface area contributed by atoms with E-state index in [-0.39, 0.29) is 0 Å². The Balaban J connectivity index is 1.06. The number of nitrogens with two attached hydrogens (primary N) is 1. The first kappa shape index (κ1) is 35.0. The molecule has 1 aliphatic heterocycles. The summed E-state index contributed by atoms with van der Waals surface area (Å²) in [5.74, 6) is 0. The van der Waals surface area contributed by atoms with E-state index in [9.17, 15) is 0 Å². The fraction of sp³-hybridized carbons (Fsp3) is 0.0182. The van der Waals surface area contributed by atoms with Crippen LogP contribution in [0, 0.1) is 0 Å². The van der Waals surface area contributed by atoms with Crippen molar-refractivity contribution in [1.29, 1.82) is 0 Å². The number of anilines is 5. The SMILES string of the molecule is C1=CC(N(c2cccc(N(c3ccc(-c4ccccc4)cc3)c3ccc(-c4ccccc4)cc3)c2)c2ccc3c(c2)c2ccccc2c2c4ccccc4sc32)=CC[NH2+]1. The van der Waals surface area contributed by atoms with Crippen molar-refractivity contribution >= 4 is 81.5 Å². The second-order valence-corrected chi connectivity index (χ2v) is 16.1. The molecule has 0 aliphatic carbocycles. The molecule has 0 saturated heterocycles. The van der Waals surface area contributed by atoms with E-state index >= 15 is 0 Å². The molecule has 0 saturated carbocycles. The minimum absolute atomic E-state index is 0.884. The van der Waals surface area contributed by atoms with Crippen molar-refractivity contribution in [2.45, 2.75) is 0 Å². The van der Waals surface area contributed by atoms with Gasteiger partial charge in [-0.2, -0.15) is 0 Å². The summed E-state index contributed by atoms with van der Waals surface area (Å²) >= 11 is 1.90. The molecule has 0 atom stereocenters. The quantitative estimate of drug-likeness (QED) is 0.155. The molecule has 0 amide bonds. The molecule has 10 aromatic rings. The first-order valence-corrected chi connectivity index (χ1v) is 21.1. The van der Waals surface area contributed by atoms with Crippen LogP contribution in [0.5, 0.6) is 0 Å².